The second-order valence-electron chi connectivity index (χ2n) is 6.67. The first kappa shape index (κ1) is 19.9. The van der Waals surface area contributed by atoms with Gasteiger partial charge in [-0.05, 0) is 0 Å². The molecule has 0 saturated carbocycles. The Morgan fingerprint density at radius 3 is 1.93 bits per heavy atom. The van der Waals surface area contributed by atoms with Crippen LogP contribution in [0.4, 0.5) is 0 Å². The molecule has 0 fully saturated rings. The minimum atomic E-state index is -0.990. The van der Waals surface area contributed by atoms with Gasteiger partial charge in [0.1, 0.15) is 0 Å². The molecule has 29 heavy (non-hydrogen) atoms. The molecule has 0 unspecified atom stereocenters. The van der Waals surface area contributed by atoms with E-state index in [-0.39, 0.29) is 27.0 Å². The zero-order chi connectivity index (χ0) is 20.3. The number of hydrogen-bond donors (Lipinski definition) is 1. The summed E-state index contributed by atoms with van der Waals surface area (Å²) in [6, 6.07) is 30.5. The van der Waals surface area contributed by atoms with Gasteiger partial charge in [0.15, 0.2) is 0 Å². The average molecular weight is 497 g/mol. The number of fused-ring (bicyclic) bond motifs is 1. The molecule has 0 saturated heterocycles. The number of rotatable bonds is 6. The van der Waals surface area contributed by atoms with Gasteiger partial charge >= 0.3 is 182 Å². The molecule has 4 rings (SSSR count). The normalized spacial score (nSPS) is 11.8. The third-order valence-corrected chi connectivity index (χ3v) is 7.64. The van der Waals surface area contributed by atoms with E-state index in [2.05, 4.69) is 48.5 Å². The zero-order valence-corrected chi connectivity index (χ0v) is 18.5. The first-order valence-electron chi connectivity index (χ1n) is 9.28. The van der Waals surface area contributed by atoms with Crippen molar-refractivity contribution in [1.29, 1.82) is 0 Å². The third-order valence-electron chi connectivity index (χ3n) is 4.95. The maximum absolute atomic E-state index is 9.71. The van der Waals surface area contributed by atoms with Crippen molar-refractivity contribution in [3.63, 3.8) is 0 Å². The van der Waals surface area contributed by atoms with Gasteiger partial charge in [0, 0.05) is 0 Å². The predicted molar refractivity (Wildman–Crippen MR) is 111 cm³/mol. The standard InChI is InChI=1S/C25H22IO3/c1-28-25(29-2,21-10-8-19-17-24(27)15-9-18(19)16-21)20-11-13-23(14-12-20)26-22-6-4-3-5-7-22/h3-17,27H,1-2H3/q-1. The Bertz CT molecular complexity index is 1100. The summed E-state index contributed by atoms with van der Waals surface area (Å²) in [6.07, 6.45) is 0. The van der Waals surface area contributed by atoms with Crippen molar-refractivity contribution in [1.82, 2.24) is 0 Å². The van der Waals surface area contributed by atoms with E-state index in [0.717, 1.165) is 21.9 Å². The van der Waals surface area contributed by atoms with Gasteiger partial charge in [0.2, 0.25) is 0 Å². The van der Waals surface area contributed by atoms with Gasteiger partial charge in [0.05, 0.1) is 0 Å². The van der Waals surface area contributed by atoms with Crippen LogP contribution in [0, 0.1) is 7.14 Å². The zero-order valence-electron chi connectivity index (χ0n) is 16.3. The van der Waals surface area contributed by atoms with Crippen LogP contribution in [0.1, 0.15) is 11.1 Å². The fourth-order valence-corrected chi connectivity index (χ4v) is 5.71. The van der Waals surface area contributed by atoms with Gasteiger partial charge in [0.25, 0.3) is 0 Å². The van der Waals surface area contributed by atoms with Crippen LogP contribution in [0.15, 0.2) is 91.0 Å². The van der Waals surface area contributed by atoms with Crippen molar-refractivity contribution in [2.24, 2.45) is 0 Å². The first-order chi connectivity index (χ1) is 14.1. The van der Waals surface area contributed by atoms with E-state index in [1.54, 1.807) is 26.4 Å². The molecule has 4 aromatic rings. The van der Waals surface area contributed by atoms with Gasteiger partial charge in [-0.1, -0.05) is 0 Å². The number of methoxy groups -OCH3 is 2. The minimum absolute atomic E-state index is 0.218. The molecule has 148 valence electrons. The van der Waals surface area contributed by atoms with E-state index < -0.39 is 5.79 Å². The van der Waals surface area contributed by atoms with Crippen molar-refractivity contribution in [2.75, 3.05) is 14.2 Å². The Labute approximate surface area is 181 Å². The molecule has 0 heterocycles. The van der Waals surface area contributed by atoms with Crippen LogP contribution in [0.2, 0.25) is 0 Å². The van der Waals surface area contributed by atoms with Crippen molar-refractivity contribution in [3.05, 3.63) is 109 Å². The first-order valence-corrected chi connectivity index (χ1v) is 11.4. The monoisotopic (exact) mass is 497 g/mol. The second kappa shape index (κ2) is 8.53. The number of phenolic OH excluding ortho intramolecular Hbond substituents is 1. The van der Waals surface area contributed by atoms with Gasteiger partial charge in [-0.25, -0.2) is 0 Å². The van der Waals surface area contributed by atoms with Gasteiger partial charge in [-0.3, -0.25) is 0 Å². The summed E-state index contributed by atoms with van der Waals surface area (Å²) in [5.41, 5.74) is 1.85. The number of phenols is 1. The fraction of sp³-hybridized carbons (Fsp3) is 0.120. The van der Waals surface area contributed by atoms with Crippen molar-refractivity contribution < 1.29 is 35.8 Å². The maximum atomic E-state index is 9.71. The molecule has 0 amide bonds. The Hall–Kier alpha value is -2.41. The molecular weight excluding hydrogens is 475 g/mol. The topological polar surface area (TPSA) is 38.7 Å². The van der Waals surface area contributed by atoms with E-state index in [0.29, 0.717) is 0 Å². The number of benzene rings is 4. The molecule has 0 aliphatic rings. The summed E-state index contributed by atoms with van der Waals surface area (Å²) in [5, 5.41) is 11.7. The second-order valence-corrected chi connectivity index (χ2v) is 9.70. The summed E-state index contributed by atoms with van der Waals surface area (Å²) in [7, 11) is 3.32. The predicted octanol–water partition coefficient (Wildman–Crippen LogP) is 2.17. The van der Waals surface area contributed by atoms with Crippen LogP contribution in [-0.2, 0) is 15.3 Å². The molecule has 1 N–H and O–H groups in total. The number of ether oxygens (including phenoxy) is 2. The van der Waals surface area contributed by atoms with Crippen LogP contribution in [0.25, 0.3) is 10.8 Å². The summed E-state index contributed by atoms with van der Waals surface area (Å²) >= 11 is -0.218. The third kappa shape index (κ3) is 4.01. The molecule has 0 radical (unpaired) electrons. The van der Waals surface area contributed by atoms with Crippen LogP contribution in [0.5, 0.6) is 5.75 Å². The Balaban J connectivity index is 1.70. The van der Waals surface area contributed by atoms with E-state index in [1.807, 2.05) is 30.3 Å². The van der Waals surface area contributed by atoms with Crippen LogP contribution < -0.4 is 21.2 Å². The van der Waals surface area contributed by atoms with Crippen molar-refractivity contribution in [3.8, 4) is 5.75 Å². The quantitative estimate of drug-likeness (QED) is 0.328. The molecule has 0 aliphatic carbocycles. The summed E-state index contributed by atoms with van der Waals surface area (Å²) in [4.78, 5) is 0. The number of hydrogen-bond acceptors (Lipinski definition) is 3. The van der Waals surface area contributed by atoms with Crippen LogP contribution in [-0.4, -0.2) is 19.3 Å². The van der Waals surface area contributed by atoms with Gasteiger partial charge < -0.3 is 0 Å². The fourth-order valence-electron chi connectivity index (χ4n) is 3.50. The number of halogens is 1. The van der Waals surface area contributed by atoms with Crippen LogP contribution >= 0.6 is 0 Å². The molecule has 0 spiro atoms. The molecule has 0 bridgehead atoms. The summed E-state index contributed by atoms with van der Waals surface area (Å²) in [6.45, 7) is 0. The van der Waals surface area contributed by atoms with E-state index >= 15 is 0 Å². The Kier molecular flexibility index (Phi) is 5.85. The summed E-state index contributed by atoms with van der Waals surface area (Å²) in [5.74, 6) is -0.734. The van der Waals surface area contributed by atoms with Crippen LogP contribution in [0.3, 0.4) is 0 Å². The summed E-state index contributed by atoms with van der Waals surface area (Å²) < 4.78 is 14.6. The van der Waals surface area contributed by atoms with E-state index in [9.17, 15) is 5.11 Å². The average Bonchev–Trinajstić information content (AvgIpc) is 2.77. The van der Waals surface area contributed by atoms with Gasteiger partial charge in [-0.2, -0.15) is 0 Å². The van der Waals surface area contributed by atoms with E-state index in [4.69, 9.17) is 9.47 Å². The van der Waals surface area contributed by atoms with Crippen molar-refractivity contribution in [2.45, 2.75) is 5.79 Å². The Morgan fingerprint density at radius 2 is 1.24 bits per heavy atom. The molecule has 0 aliphatic heterocycles. The molecule has 0 atom stereocenters. The van der Waals surface area contributed by atoms with E-state index in [1.165, 1.54) is 7.14 Å². The van der Waals surface area contributed by atoms with Crippen molar-refractivity contribution >= 4 is 10.8 Å². The molecule has 0 aromatic heterocycles. The Morgan fingerprint density at radius 1 is 0.655 bits per heavy atom. The molecule has 4 aromatic carbocycles. The molecule has 3 nitrogen and oxygen atoms in total. The van der Waals surface area contributed by atoms with Gasteiger partial charge in [-0.15, -0.1) is 0 Å². The SMILES string of the molecule is COC(OC)(c1ccc([I-]c2ccccc2)cc1)c1ccc2cc(O)ccc2c1. The number of aromatic hydroxyl groups is 1. The molecular formula is C25H22IO3-. The molecule has 4 heteroatoms.